The highest BCUT2D eigenvalue weighted by atomic mass is 35.5. The van der Waals surface area contributed by atoms with E-state index in [1.807, 2.05) is 42.5 Å². The van der Waals surface area contributed by atoms with Crippen LogP contribution in [0.3, 0.4) is 0 Å². The van der Waals surface area contributed by atoms with Gasteiger partial charge in [0.15, 0.2) is 12.1 Å². The highest BCUT2D eigenvalue weighted by molar-refractivity contribution is 6.30. The van der Waals surface area contributed by atoms with Crippen molar-refractivity contribution in [2.24, 2.45) is 0 Å². The molecule has 24 heavy (non-hydrogen) atoms. The van der Waals surface area contributed by atoms with Crippen molar-refractivity contribution in [3.8, 4) is 0 Å². The Morgan fingerprint density at radius 3 is 2.42 bits per heavy atom. The Kier molecular flexibility index (Phi) is 4.37. The molecule has 5 heteroatoms. The van der Waals surface area contributed by atoms with E-state index in [1.54, 1.807) is 0 Å². The molecule has 0 amide bonds. The number of nitrogens with one attached hydrogen (secondary N) is 1. The first-order chi connectivity index (χ1) is 11.7. The monoisotopic (exact) mass is 343 g/mol. The van der Waals surface area contributed by atoms with Crippen LogP contribution in [-0.4, -0.2) is 31.6 Å². The minimum atomic E-state index is -0.319. The number of rotatable bonds is 4. The summed E-state index contributed by atoms with van der Waals surface area (Å²) in [5, 5.41) is 3.94. The summed E-state index contributed by atoms with van der Waals surface area (Å²) in [4.78, 5) is 12.1. The molecule has 2 unspecified atom stereocenters. The van der Waals surface area contributed by atoms with Crippen molar-refractivity contribution in [2.75, 3.05) is 19.8 Å². The lowest BCUT2D eigenvalue weighted by molar-refractivity contribution is -0.125. The zero-order valence-corrected chi connectivity index (χ0v) is 13.8. The second-order valence-electron chi connectivity index (χ2n) is 6.10. The first-order valence-electron chi connectivity index (χ1n) is 8.07. The van der Waals surface area contributed by atoms with Crippen molar-refractivity contribution in [3.05, 3.63) is 70.2 Å². The Morgan fingerprint density at radius 2 is 1.79 bits per heavy atom. The highest BCUT2D eigenvalue weighted by Gasteiger charge is 2.37. The SMILES string of the molecule is O=C1CNC1C(c1ccc(Cl)cc1)c1cccc(C2OCCO2)c1. The summed E-state index contributed by atoms with van der Waals surface area (Å²) in [6.07, 6.45) is -0.319. The number of ketones is 1. The molecule has 0 radical (unpaired) electrons. The average molecular weight is 344 g/mol. The van der Waals surface area contributed by atoms with Gasteiger partial charge in [0.2, 0.25) is 0 Å². The molecule has 0 aliphatic carbocycles. The minimum Gasteiger partial charge on any atom is -0.346 e. The molecule has 0 spiro atoms. The third-order valence-electron chi connectivity index (χ3n) is 4.57. The van der Waals surface area contributed by atoms with Crippen LogP contribution in [-0.2, 0) is 14.3 Å². The number of carbonyl (C=O) groups is 1. The largest absolute Gasteiger partial charge is 0.346 e. The van der Waals surface area contributed by atoms with E-state index in [0.717, 1.165) is 16.7 Å². The zero-order chi connectivity index (χ0) is 16.5. The van der Waals surface area contributed by atoms with Gasteiger partial charge in [0.25, 0.3) is 0 Å². The Bertz CT molecular complexity index is 741. The van der Waals surface area contributed by atoms with E-state index in [9.17, 15) is 4.79 Å². The van der Waals surface area contributed by atoms with Crippen LogP contribution in [0.4, 0.5) is 0 Å². The van der Waals surface area contributed by atoms with Crippen molar-refractivity contribution >= 4 is 17.4 Å². The van der Waals surface area contributed by atoms with Crippen molar-refractivity contribution in [1.29, 1.82) is 0 Å². The van der Waals surface area contributed by atoms with E-state index >= 15 is 0 Å². The number of ether oxygens (including phenoxy) is 2. The highest BCUT2D eigenvalue weighted by Crippen LogP contribution is 2.34. The minimum absolute atomic E-state index is 0.0510. The maximum absolute atomic E-state index is 12.1. The topological polar surface area (TPSA) is 47.6 Å². The molecule has 0 saturated carbocycles. The molecular formula is C19H18ClNO3. The van der Waals surface area contributed by atoms with Gasteiger partial charge in [0, 0.05) is 16.5 Å². The number of hydrogen-bond donors (Lipinski definition) is 1. The summed E-state index contributed by atoms with van der Waals surface area (Å²) in [7, 11) is 0. The van der Waals surface area contributed by atoms with Crippen LogP contribution in [0.2, 0.25) is 5.02 Å². The third-order valence-corrected chi connectivity index (χ3v) is 4.82. The predicted molar refractivity (Wildman–Crippen MR) is 91.2 cm³/mol. The number of benzene rings is 2. The van der Waals surface area contributed by atoms with Gasteiger partial charge in [-0.05, 0) is 23.3 Å². The molecule has 2 saturated heterocycles. The Balaban J connectivity index is 1.71. The Labute approximate surface area is 145 Å². The lowest BCUT2D eigenvalue weighted by Gasteiger charge is -2.34. The van der Waals surface area contributed by atoms with Gasteiger partial charge in [-0.15, -0.1) is 0 Å². The van der Waals surface area contributed by atoms with E-state index < -0.39 is 0 Å². The summed E-state index contributed by atoms with van der Waals surface area (Å²) in [6, 6.07) is 15.6. The fraction of sp³-hybridized carbons (Fsp3) is 0.316. The standard InChI is InChI=1S/C19H18ClNO3/c20-15-6-4-12(5-7-15)17(18-16(22)11-21-18)13-2-1-3-14(10-13)19-23-8-9-24-19/h1-7,10,17-19,21H,8-9,11H2. The summed E-state index contributed by atoms with van der Waals surface area (Å²) in [5.74, 6) is 0.179. The van der Waals surface area contributed by atoms with Gasteiger partial charge in [0.1, 0.15) is 0 Å². The van der Waals surface area contributed by atoms with Crippen LogP contribution in [0, 0.1) is 0 Å². The van der Waals surface area contributed by atoms with Gasteiger partial charge in [-0.25, -0.2) is 0 Å². The maximum Gasteiger partial charge on any atom is 0.184 e. The smallest absolute Gasteiger partial charge is 0.184 e. The molecule has 4 rings (SSSR count). The van der Waals surface area contributed by atoms with Crippen molar-refractivity contribution in [3.63, 3.8) is 0 Å². The van der Waals surface area contributed by atoms with Crippen LogP contribution in [0.5, 0.6) is 0 Å². The predicted octanol–water partition coefficient (Wildman–Crippen LogP) is 3.06. The number of halogens is 1. The zero-order valence-electron chi connectivity index (χ0n) is 13.1. The van der Waals surface area contributed by atoms with Crippen LogP contribution < -0.4 is 5.32 Å². The number of hydrogen-bond acceptors (Lipinski definition) is 4. The lowest BCUT2D eigenvalue weighted by atomic mass is 9.79. The molecule has 1 N–H and O–H groups in total. The van der Waals surface area contributed by atoms with Gasteiger partial charge >= 0.3 is 0 Å². The van der Waals surface area contributed by atoms with Crippen LogP contribution in [0.1, 0.15) is 28.9 Å². The third kappa shape index (κ3) is 2.98. The summed E-state index contributed by atoms with van der Waals surface area (Å²) < 4.78 is 11.2. The molecule has 4 nitrogen and oxygen atoms in total. The molecule has 2 heterocycles. The van der Waals surface area contributed by atoms with Gasteiger partial charge in [-0.1, -0.05) is 48.0 Å². The molecule has 2 aromatic carbocycles. The van der Waals surface area contributed by atoms with Gasteiger partial charge < -0.3 is 9.47 Å². The maximum atomic E-state index is 12.1. The van der Waals surface area contributed by atoms with Crippen LogP contribution in [0.25, 0.3) is 0 Å². The van der Waals surface area contributed by atoms with Gasteiger partial charge in [-0.2, -0.15) is 0 Å². The lowest BCUT2D eigenvalue weighted by Crippen LogP contribution is -2.57. The molecule has 2 aromatic rings. The van der Waals surface area contributed by atoms with E-state index in [-0.39, 0.29) is 24.0 Å². The van der Waals surface area contributed by atoms with Gasteiger partial charge in [-0.3, -0.25) is 10.1 Å². The fourth-order valence-electron chi connectivity index (χ4n) is 3.30. The van der Waals surface area contributed by atoms with Crippen LogP contribution >= 0.6 is 11.6 Å². The Morgan fingerprint density at radius 1 is 1.04 bits per heavy atom. The molecule has 2 aliphatic rings. The van der Waals surface area contributed by atoms with Crippen molar-refractivity contribution < 1.29 is 14.3 Å². The molecule has 2 atom stereocenters. The second kappa shape index (κ2) is 6.65. The van der Waals surface area contributed by atoms with E-state index in [0.29, 0.717) is 24.8 Å². The normalized spacial score (nSPS) is 22.4. The number of carbonyl (C=O) groups excluding carboxylic acids is 1. The molecule has 124 valence electrons. The fourth-order valence-corrected chi connectivity index (χ4v) is 3.43. The molecule has 0 bridgehead atoms. The molecule has 2 fully saturated rings. The second-order valence-corrected chi connectivity index (χ2v) is 6.53. The van der Waals surface area contributed by atoms with E-state index in [4.69, 9.17) is 21.1 Å². The van der Waals surface area contributed by atoms with Gasteiger partial charge in [0.05, 0.1) is 25.8 Å². The van der Waals surface area contributed by atoms with Crippen molar-refractivity contribution in [2.45, 2.75) is 18.2 Å². The summed E-state index contributed by atoms with van der Waals surface area (Å²) >= 11 is 6.01. The summed E-state index contributed by atoms with van der Waals surface area (Å²) in [6.45, 7) is 1.65. The Hall–Kier alpha value is -1.72. The van der Waals surface area contributed by atoms with E-state index in [2.05, 4.69) is 11.4 Å². The molecular weight excluding hydrogens is 326 g/mol. The van der Waals surface area contributed by atoms with Crippen molar-refractivity contribution in [1.82, 2.24) is 5.32 Å². The molecule has 0 aromatic heterocycles. The van der Waals surface area contributed by atoms with Crippen LogP contribution in [0.15, 0.2) is 48.5 Å². The first-order valence-corrected chi connectivity index (χ1v) is 8.45. The quantitative estimate of drug-likeness (QED) is 0.927. The van der Waals surface area contributed by atoms with E-state index in [1.165, 1.54) is 0 Å². The molecule has 2 aliphatic heterocycles. The summed E-state index contributed by atoms with van der Waals surface area (Å²) in [5.41, 5.74) is 3.12. The first kappa shape index (κ1) is 15.8. The number of Topliss-reactive ketones (excluding diaryl/α,β-unsaturated/α-hetero) is 1. The average Bonchev–Trinajstić information content (AvgIpc) is 3.14.